The zero-order chi connectivity index (χ0) is 6.69. The molecule has 0 N–H and O–H groups in total. The van der Waals surface area contributed by atoms with Gasteiger partial charge in [0.2, 0.25) is 0 Å². The Bertz CT molecular complexity index is 99.2. The van der Waals surface area contributed by atoms with Crippen LogP contribution in [0.15, 0.2) is 0 Å². The van der Waals surface area contributed by atoms with Gasteiger partial charge in [-0.3, -0.25) is 0 Å². The Balaban J connectivity index is 2.32. The molecule has 9 heavy (non-hydrogen) atoms. The molecule has 0 amide bonds. The Morgan fingerprint density at radius 3 is 3.00 bits per heavy atom. The van der Waals surface area contributed by atoms with Crippen LogP contribution in [-0.4, -0.2) is 24.3 Å². The summed E-state index contributed by atoms with van der Waals surface area (Å²) >= 11 is 3.26. The molecule has 1 fully saturated rings. The van der Waals surface area contributed by atoms with Crippen LogP contribution in [0, 0.1) is 5.92 Å². The van der Waals surface area contributed by atoms with Gasteiger partial charge in [0.15, 0.2) is 0 Å². The van der Waals surface area contributed by atoms with Crippen molar-refractivity contribution in [3.05, 3.63) is 0 Å². The largest absolute Gasteiger partial charge is 0.381 e. The molecule has 0 bridgehead atoms. The summed E-state index contributed by atoms with van der Waals surface area (Å²) in [5.41, 5.74) is 0. The molecule has 1 heterocycles. The second kappa shape index (κ2) is 3.32. The molecular weight excluding hydrogens is 184 g/mol. The van der Waals surface area contributed by atoms with E-state index in [1.807, 2.05) is 0 Å². The van der Waals surface area contributed by atoms with Gasteiger partial charge in [0.1, 0.15) is 6.29 Å². The van der Waals surface area contributed by atoms with Crippen LogP contribution >= 0.6 is 15.9 Å². The number of ether oxygens (including phenoxy) is 1. The smallest absolute Gasteiger partial charge is 0.133 e. The van der Waals surface area contributed by atoms with E-state index in [-0.39, 0.29) is 4.83 Å². The van der Waals surface area contributed by atoms with Gasteiger partial charge < -0.3 is 9.53 Å². The highest BCUT2D eigenvalue weighted by Gasteiger charge is 2.22. The third-order valence-electron chi connectivity index (χ3n) is 1.55. The molecular formula is C6H9BrO2. The molecule has 1 saturated heterocycles. The predicted octanol–water partition coefficient (Wildman–Crippen LogP) is 0.985. The Morgan fingerprint density at radius 1 is 1.78 bits per heavy atom. The lowest BCUT2D eigenvalue weighted by Crippen LogP contribution is -2.15. The summed E-state index contributed by atoms with van der Waals surface area (Å²) in [4.78, 5) is 10.2. The van der Waals surface area contributed by atoms with Crippen LogP contribution in [0.4, 0.5) is 0 Å². The average Bonchev–Trinajstić information content (AvgIpc) is 2.37. The maximum absolute atomic E-state index is 10.2. The molecule has 1 aliphatic rings. The molecule has 2 nitrogen and oxygen atoms in total. The fourth-order valence-electron chi connectivity index (χ4n) is 0.915. The minimum absolute atomic E-state index is 0.000000000000000444. The van der Waals surface area contributed by atoms with Crippen LogP contribution in [0.5, 0.6) is 0 Å². The van der Waals surface area contributed by atoms with Crippen LogP contribution in [-0.2, 0) is 9.53 Å². The van der Waals surface area contributed by atoms with Crippen molar-refractivity contribution in [2.24, 2.45) is 5.92 Å². The highest BCUT2D eigenvalue weighted by Crippen LogP contribution is 2.20. The van der Waals surface area contributed by atoms with Gasteiger partial charge in [-0.15, -0.1) is 0 Å². The molecule has 2 atom stereocenters. The van der Waals surface area contributed by atoms with Gasteiger partial charge in [-0.25, -0.2) is 0 Å². The Labute approximate surface area is 62.7 Å². The minimum atomic E-state index is -0.000000000000000444. The number of carbonyl (C=O) groups is 1. The van der Waals surface area contributed by atoms with E-state index >= 15 is 0 Å². The summed E-state index contributed by atoms with van der Waals surface area (Å²) in [6, 6.07) is 0. The highest BCUT2D eigenvalue weighted by atomic mass is 79.9. The standard InChI is InChI=1S/C6H9BrO2/c7-6(3-8)5-1-2-9-4-5/h3,5-6H,1-2,4H2/t5-,6+/m1/s1. The first-order valence-corrected chi connectivity index (χ1v) is 3.93. The second-order valence-electron chi connectivity index (χ2n) is 2.20. The molecule has 52 valence electrons. The number of alkyl halides is 1. The fourth-order valence-corrected chi connectivity index (χ4v) is 1.33. The highest BCUT2D eigenvalue weighted by molar-refractivity contribution is 9.10. The van der Waals surface area contributed by atoms with Crippen molar-refractivity contribution < 1.29 is 9.53 Å². The summed E-state index contributed by atoms with van der Waals surface area (Å²) in [7, 11) is 0. The molecule has 0 radical (unpaired) electrons. The van der Waals surface area contributed by atoms with Gasteiger partial charge in [0.25, 0.3) is 0 Å². The molecule has 0 saturated carbocycles. The van der Waals surface area contributed by atoms with Crippen molar-refractivity contribution in [2.45, 2.75) is 11.2 Å². The molecule has 1 aliphatic heterocycles. The molecule has 0 aromatic carbocycles. The van der Waals surface area contributed by atoms with E-state index < -0.39 is 0 Å². The van der Waals surface area contributed by atoms with Crippen molar-refractivity contribution >= 4 is 22.2 Å². The van der Waals surface area contributed by atoms with Crippen molar-refractivity contribution in [2.75, 3.05) is 13.2 Å². The van der Waals surface area contributed by atoms with Crippen LogP contribution in [0.25, 0.3) is 0 Å². The van der Waals surface area contributed by atoms with E-state index in [1.165, 1.54) is 0 Å². The predicted molar refractivity (Wildman–Crippen MR) is 37.7 cm³/mol. The number of carbonyl (C=O) groups excluding carboxylic acids is 1. The molecule has 3 heteroatoms. The molecule has 1 rings (SSSR count). The molecule has 0 aromatic heterocycles. The van der Waals surface area contributed by atoms with Crippen LogP contribution in [0.1, 0.15) is 6.42 Å². The van der Waals surface area contributed by atoms with Gasteiger partial charge in [-0.05, 0) is 6.42 Å². The zero-order valence-electron chi connectivity index (χ0n) is 5.05. The number of halogens is 1. The van der Waals surface area contributed by atoms with Gasteiger partial charge in [0, 0.05) is 12.5 Å². The number of aldehydes is 1. The van der Waals surface area contributed by atoms with E-state index in [4.69, 9.17) is 4.74 Å². The maximum Gasteiger partial charge on any atom is 0.133 e. The van der Waals surface area contributed by atoms with Gasteiger partial charge >= 0.3 is 0 Å². The number of hydrogen-bond donors (Lipinski definition) is 0. The third kappa shape index (κ3) is 1.76. The summed E-state index contributed by atoms with van der Waals surface area (Å²) in [5.74, 6) is 0.405. The third-order valence-corrected chi connectivity index (χ3v) is 2.51. The van der Waals surface area contributed by atoms with Crippen LogP contribution in [0.2, 0.25) is 0 Å². The van der Waals surface area contributed by atoms with E-state index in [0.29, 0.717) is 5.92 Å². The first-order chi connectivity index (χ1) is 4.34. The molecule has 0 spiro atoms. The molecule has 0 aliphatic carbocycles. The normalized spacial score (nSPS) is 30.1. The average molecular weight is 193 g/mol. The SMILES string of the molecule is O=C[C@H](Br)[C@@H]1CCOC1. The fraction of sp³-hybridized carbons (Fsp3) is 0.833. The van der Waals surface area contributed by atoms with Gasteiger partial charge in [0.05, 0.1) is 11.4 Å². The van der Waals surface area contributed by atoms with Crippen LogP contribution < -0.4 is 0 Å². The van der Waals surface area contributed by atoms with Gasteiger partial charge in [-0.2, -0.15) is 0 Å². The van der Waals surface area contributed by atoms with Crippen molar-refractivity contribution in [3.63, 3.8) is 0 Å². The van der Waals surface area contributed by atoms with Crippen LogP contribution in [0.3, 0.4) is 0 Å². The summed E-state index contributed by atoms with van der Waals surface area (Å²) in [5, 5.41) is 0. The van der Waals surface area contributed by atoms with E-state index in [0.717, 1.165) is 25.9 Å². The minimum Gasteiger partial charge on any atom is -0.381 e. The number of hydrogen-bond acceptors (Lipinski definition) is 2. The van der Waals surface area contributed by atoms with E-state index in [2.05, 4.69) is 15.9 Å². The summed E-state index contributed by atoms with van der Waals surface area (Å²) in [6.07, 6.45) is 1.94. The molecule has 0 aromatic rings. The first kappa shape index (κ1) is 7.22. The maximum atomic E-state index is 10.2. The summed E-state index contributed by atoms with van der Waals surface area (Å²) in [6.45, 7) is 1.54. The molecule has 0 unspecified atom stereocenters. The summed E-state index contributed by atoms with van der Waals surface area (Å²) < 4.78 is 5.09. The lowest BCUT2D eigenvalue weighted by Gasteiger charge is -2.06. The Hall–Kier alpha value is 0.110. The van der Waals surface area contributed by atoms with Crippen molar-refractivity contribution in [1.29, 1.82) is 0 Å². The Kier molecular flexibility index (Phi) is 2.66. The first-order valence-electron chi connectivity index (χ1n) is 3.01. The number of rotatable bonds is 2. The van der Waals surface area contributed by atoms with Crippen molar-refractivity contribution in [1.82, 2.24) is 0 Å². The van der Waals surface area contributed by atoms with E-state index in [1.54, 1.807) is 0 Å². The van der Waals surface area contributed by atoms with E-state index in [9.17, 15) is 4.79 Å². The lowest BCUT2D eigenvalue weighted by atomic mass is 10.1. The quantitative estimate of drug-likeness (QED) is 0.482. The topological polar surface area (TPSA) is 26.3 Å². The van der Waals surface area contributed by atoms with Gasteiger partial charge in [-0.1, -0.05) is 15.9 Å². The zero-order valence-corrected chi connectivity index (χ0v) is 6.63. The Morgan fingerprint density at radius 2 is 2.56 bits per heavy atom. The van der Waals surface area contributed by atoms with Crippen molar-refractivity contribution in [3.8, 4) is 0 Å². The lowest BCUT2D eigenvalue weighted by molar-refractivity contribution is -0.108. The second-order valence-corrected chi connectivity index (χ2v) is 3.26. The monoisotopic (exact) mass is 192 g/mol.